The minimum atomic E-state index is -2.07. The molecule has 0 aromatic carbocycles. The van der Waals surface area contributed by atoms with E-state index in [1.165, 1.54) is 30.6 Å². The zero-order chi connectivity index (χ0) is 66.0. The van der Waals surface area contributed by atoms with E-state index in [0.717, 1.165) is 55.4 Å². The van der Waals surface area contributed by atoms with Crippen molar-refractivity contribution in [2.24, 2.45) is 5.73 Å². The highest BCUT2D eigenvalue weighted by atomic mass is 16.8. The first kappa shape index (κ1) is 72.3. The van der Waals surface area contributed by atoms with Gasteiger partial charge in [-0.2, -0.15) is 0 Å². The number of aliphatic hydroxyl groups is 1. The number of hydrogen-bond acceptors (Lipinski definition) is 26. The molecule has 0 spiro atoms. The highest BCUT2D eigenvalue weighted by Crippen LogP contribution is 2.36. The molecule has 0 bridgehead atoms. The molecule has 0 aliphatic carbocycles. The van der Waals surface area contributed by atoms with Gasteiger partial charge in [-0.15, -0.1) is 0 Å². The Kier molecular flexibility index (Phi) is 27.3. The molecule has 9 amide bonds. The van der Waals surface area contributed by atoms with Crippen molar-refractivity contribution in [2.75, 3.05) is 39.5 Å². The Balaban J connectivity index is 1.83. The van der Waals surface area contributed by atoms with Crippen molar-refractivity contribution in [2.45, 2.75) is 206 Å². The lowest BCUT2D eigenvalue weighted by Gasteiger charge is -2.49. The lowest BCUT2D eigenvalue weighted by atomic mass is 9.94. The van der Waals surface area contributed by atoms with Gasteiger partial charge in [-0.1, -0.05) is 0 Å². The van der Waals surface area contributed by atoms with E-state index in [-0.39, 0.29) is 25.9 Å². The van der Waals surface area contributed by atoms with E-state index in [2.05, 4.69) is 31.9 Å². The first-order valence-electron chi connectivity index (χ1n) is 28.0. The summed E-state index contributed by atoms with van der Waals surface area (Å²) in [5, 5.41) is 24.6. The lowest BCUT2D eigenvalue weighted by Crippen LogP contribution is -2.70. The molecule has 4 fully saturated rings. The van der Waals surface area contributed by atoms with Crippen molar-refractivity contribution in [3.8, 4) is 0 Å². The fourth-order valence-electron chi connectivity index (χ4n) is 10.1. The molecule has 492 valence electrons. The molecule has 0 radical (unpaired) electrons. The number of aliphatic hydroxyl groups excluding tert-OH is 1. The maximum atomic E-state index is 14.8. The van der Waals surface area contributed by atoms with Crippen molar-refractivity contribution in [1.29, 1.82) is 0 Å². The van der Waals surface area contributed by atoms with E-state index in [0.29, 0.717) is 12.8 Å². The van der Waals surface area contributed by atoms with Crippen LogP contribution in [-0.2, 0) is 119 Å². The number of ether oxygens (including phenoxy) is 10. The number of primary amides is 1. The molecule has 4 saturated heterocycles. The van der Waals surface area contributed by atoms with E-state index in [1.807, 2.05) is 0 Å². The van der Waals surface area contributed by atoms with Crippen molar-refractivity contribution in [3.63, 3.8) is 0 Å². The molecule has 4 heterocycles. The summed E-state index contributed by atoms with van der Waals surface area (Å²) in [7, 11) is 0. The minimum Gasteiger partial charge on any atom is -0.463 e. The monoisotopic (exact) mass is 1260 g/mol. The van der Waals surface area contributed by atoms with Crippen LogP contribution in [0.25, 0.3) is 0 Å². The third kappa shape index (κ3) is 20.8. The summed E-state index contributed by atoms with van der Waals surface area (Å²) in [4.78, 5) is 198. The van der Waals surface area contributed by atoms with Crippen molar-refractivity contribution >= 4 is 89.0 Å². The average Bonchev–Trinajstić information content (AvgIpc) is 1.13. The number of nitrogens with zero attached hydrogens (tertiary/aromatic N) is 2. The van der Waals surface area contributed by atoms with Gasteiger partial charge in [0.15, 0.2) is 37.0 Å². The van der Waals surface area contributed by atoms with E-state index in [4.69, 9.17) is 53.1 Å². The van der Waals surface area contributed by atoms with Crippen LogP contribution in [0.4, 0.5) is 0 Å². The van der Waals surface area contributed by atoms with Gasteiger partial charge in [-0.25, -0.2) is 0 Å². The molecule has 17 atom stereocenters. The average molecular weight is 1260 g/mol. The van der Waals surface area contributed by atoms with Gasteiger partial charge in [-0.3, -0.25) is 71.9 Å². The smallest absolute Gasteiger partial charge is 0.303 e. The molecule has 11 unspecified atom stereocenters. The second-order valence-electron chi connectivity index (χ2n) is 21.1. The molecular weight excluding hydrogens is 1180 g/mol. The Morgan fingerprint density at radius 2 is 1.08 bits per heavy atom. The van der Waals surface area contributed by atoms with Crippen LogP contribution in [0.15, 0.2) is 0 Å². The third-order valence-electron chi connectivity index (χ3n) is 13.9. The summed E-state index contributed by atoms with van der Waals surface area (Å²) >= 11 is 0. The largest absolute Gasteiger partial charge is 0.463 e. The molecule has 4 rings (SSSR count). The second kappa shape index (κ2) is 33.3. The van der Waals surface area contributed by atoms with Crippen LogP contribution >= 0.6 is 0 Å². The maximum absolute atomic E-state index is 14.8. The Morgan fingerprint density at radius 3 is 1.59 bits per heavy atom. The Bertz CT molecular complexity index is 2630. The fourth-order valence-corrected chi connectivity index (χ4v) is 10.1. The number of rotatable bonds is 27. The van der Waals surface area contributed by atoms with E-state index in [9.17, 15) is 77.0 Å². The third-order valence-corrected chi connectivity index (χ3v) is 13.9. The lowest BCUT2D eigenvalue weighted by molar-refractivity contribution is -0.349. The van der Waals surface area contributed by atoms with Crippen molar-refractivity contribution in [1.82, 2.24) is 41.7 Å². The van der Waals surface area contributed by atoms with Crippen LogP contribution < -0.4 is 37.6 Å². The fraction of sp³-hybridized carbons (Fsp3) is 0.717. The highest BCUT2D eigenvalue weighted by Gasteiger charge is 2.58. The van der Waals surface area contributed by atoms with Gasteiger partial charge < -0.3 is 99.9 Å². The molecule has 88 heavy (non-hydrogen) atoms. The SMILES string of the molecule is CC(=O)NCC(=O)NC(CO)C(=O)NC(C(=O)NC(C)C(=O)N1CCCC1C(=O)N1CCCC1C(=O)NC(C)C(N)=O)C(C)O[C@@H]1OC(COC(C)=O)[C@H](OC(C)=O)C(O[C@@H]2OC(COC(C)=O)[C@H](OC(C)=O)C(OC(C)=O)[C@H]2OC(C)=O)[C@H]1NC(C)=O. The summed E-state index contributed by atoms with van der Waals surface area (Å²) in [5.41, 5.74) is 5.33. The molecule has 4 aliphatic heterocycles. The zero-order valence-electron chi connectivity index (χ0n) is 50.5. The summed E-state index contributed by atoms with van der Waals surface area (Å²) in [6.45, 7) is 8.61. The van der Waals surface area contributed by atoms with Gasteiger partial charge >= 0.3 is 35.8 Å². The Labute approximate surface area is 504 Å². The number of carbonyl (C=O) groups excluding carboxylic acids is 15. The summed E-state index contributed by atoms with van der Waals surface area (Å²) < 4.78 is 58.2. The summed E-state index contributed by atoms with van der Waals surface area (Å²) in [6, 6.07) is -10.4. The summed E-state index contributed by atoms with van der Waals surface area (Å²) in [6.07, 6.45) is -17.3. The number of nitrogens with two attached hydrogens (primary N) is 1. The van der Waals surface area contributed by atoms with E-state index >= 15 is 0 Å². The summed E-state index contributed by atoms with van der Waals surface area (Å²) in [5.74, 6) is -13.7. The first-order chi connectivity index (χ1) is 41.2. The van der Waals surface area contributed by atoms with Crippen LogP contribution in [0.3, 0.4) is 0 Å². The number of amides is 9. The number of hydrogen-bond donors (Lipinski definition) is 8. The second-order valence-corrected chi connectivity index (χ2v) is 21.1. The number of nitrogens with one attached hydrogen (secondary N) is 6. The molecule has 35 nitrogen and oxygen atoms in total. The van der Waals surface area contributed by atoms with Crippen LogP contribution in [-0.4, -0.2) is 247 Å². The van der Waals surface area contributed by atoms with Crippen LogP contribution in [0.1, 0.15) is 102 Å². The standard InChI is InChI=1S/C53H79N9O26/c1-22(46(54)73)56-48(75)34-14-12-16-61(34)51(78)35-15-13-17-62(35)50(77)23(2)57-49(76)39(60-47(74)33(19-63)59-38(72)18-55-25(4)64)24(3)81-52-40(58-26(5)65)43(41(82-29(8)68)36(86-52)20-79-27(6)66)88-53-45(85-32(11)71)44(84-31(10)70)42(83-30(9)69)37(87-53)21-80-28(7)67/h22-24,33-37,39-45,52-53,63H,12-21H2,1-11H3,(H2,54,73)(H,55,64)(H,56,75)(H,57,76)(H,58,65)(H,59,72)(H,60,74)/t22?,23?,24?,33?,34?,35?,36?,37?,39?,40-,41+,42+,43?,44?,45-,52-,53+/m1/s1. The number of likely N-dealkylation sites (tertiary alicyclic amines) is 2. The molecule has 35 heteroatoms. The van der Waals surface area contributed by atoms with E-state index in [1.54, 1.807) is 0 Å². The first-order valence-corrected chi connectivity index (χ1v) is 28.0. The van der Waals surface area contributed by atoms with Gasteiger partial charge in [0, 0.05) is 68.5 Å². The van der Waals surface area contributed by atoms with Crippen molar-refractivity contribution < 1.29 is 124 Å². The predicted octanol–water partition coefficient (Wildman–Crippen LogP) is -5.84. The van der Waals surface area contributed by atoms with Gasteiger partial charge in [0.2, 0.25) is 53.2 Å². The molecule has 0 aromatic rings. The molecule has 0 aromatic heterocycles. The van der Waals surface area contributed by atoms with Crippen LogP contribution in [0, 0.1) is 0 Å². The van der Waals surface area contributed by atoms with Crippen LogP contribution in [0.5, 0.6) is 0 Å². The molecule has 0 saturated carbocycles. The maximum Gasteiger partial charge on any atom is 0.303 e. The van der Waals surface area contributed by atoms with Crippen molar-refractivity contribution in [3.05, 3.63) is 0 Å². The Morgan fingerprint density at radius 1 is 0.568 bits per heavy atom. The highest BCUT2D eigenvalue weighted by molar-refractivity contribution is 5.98. The van der Waals surface area contributed by atoms with Gasteiger partial charge in [0.1, 0.15) is 73.8 Å². The topological polar surface area (TPSA) is 473 Å². The zero-order valence-corrected chi connectivity index (χ0v) is 50.5. The number of carbonyl (C=O) groups is 15. The van der Waals surface area contributed by atoms with Crippen LogP contribution in [0.2, 0.25) is 0 Å². The van der Waals surface area contributed by atoms with E-state index < -0.39 is 219 Å². The van der Waals surface area contributed by atoms with Gasteiger partial charge in [0.25, 0.3) is 0 Å². The van der Waals surface area contributed by atoms with Gasteiger partial charge in [-0.05, 0) is 46.5 Å². The molecule has 4 aliphatic rings. The van der Waals surface area contributed by atoms with Gasteiger partial charge in [0.05, 0.1) is 19.3 Å². The Hall–Kier alpha value is -8.15. The normalized spacial score (nSPS) is 26.5. The molecular formula is C53H79N9O26. The predicted molar refractivity (Wildman–Crippen MR) is 289 cm³/mol. The quantitative estimate of drug-likeness (QED) is 0.0280. The molecule has 9 N–H and O–H groups in total. The number of esters is 6. The minimum absolute atomic E-state index is 0.0160.